The summed E-state index contributed by atoms with van der Waals surface area (Å²) in [5.74, 6) is 2.13. The number of aromatic nitrogens is 6. The van der Waals surface area contributed by atoms with Crippen molar-refractivity contribution in [2.24, 2.45) is 7.05 Å². The van der Waals surface area contributed by atoms with Gasteiger partial charge >= 0.3 is 0 Å². The molecule has 6 nitrogen and oxygen atoms in total. The maximum atomic E-state index is 5.15. The molecular weight excluding hydrogens is 736 g/mol. The van der Waals surface area contributed by atoms with Crippen LogP contribution >= 0.6 is 0 Å². The van der Waals surface area contributed by atoms with Gasteiger partial charge in [0.25, 0.3) is 0 Å². The van der Waals surface area contributed by atoms with E-state index in [1.165, 1.54) is 16.8 Å². The average Bonchev–Trinajstić information content (AvgIpc) is 3.76. The monoisotopic (exact) mass is 777 g/mol. The summed E-state index contributed by atoms with van der Waals surface area (Å²) in [6.45, 7) is 18.0. The molecule has 45 heavy (non-hydrogen) atoms. The summed E-state index contributed by atoms with van der Waals surface area (Å²) in [6, 6.07) is 25.1. The first kappa shape index (κ1) is 32.6. The second-order valence-corrected chi connectivity index (χ2v) is 13.5. The molecule has 0 amide bonds. The number of fused-ring (bicyclic) bond motifs is 1. The van der Waals surface area contributed by atoms with E-state index in [9.17, 15) is 0 Å². The van der Waals surface area contributed by atoms with Gasteiger partial charge in [-0.15, -0.1) is 0 Å². The summed E-state index contributed by atoms with van der Waals surface area (Å²) in [6.07, 6.45) is 9.26. The summed E-state index contributed by atoms with van der Waals surface area (Å²) in [7, 11) is 2.03. The van der Waals surface area contributed by atoms with Crippen LogP contribution in [-0.4, -0.2) is 19.1 Å². The van der Waals surface area contributed by atoms with Gasteiger partial charge < -0.3 is 19.1 Å². The predicted molar refractivity (Wildman–Crippen MR) is 176 cm³/mol. The Balaban J connectivity index is 0.00000400. The van der Waals surface area contributed by atoms with Crippen LogP contribution in [0.2, 0.25) is 0 Å². The van der Waals surface area contributed by atoms with Crippen molar-refractivity contribution in [1.29, 1.82) is 0 Å². The first-order chi connectivity index (χ1) is 20.9. The van der Waals surface area contributed by atoms with E-state index in [0.717, 1.165) is 33.8 Å². The second-order valence-electron chi connectivity index (χ2n) is 13.5. The van der Waals surface area contributed by atoms with E-state index in [0.29, 0.717) is 17.7 Å². The van der Waals surface area contributed by atoms with Gasteiger partial charge in [0.2, 0.25) is 6.33 Å². The van der Waals surface area contributed by atoms with E-state index in [1.807, 2.05) is 30.2 Å². The molecule has 0 aliphatic heterocycles. The number of imidazole rings is 3. The Morgan fingerprint density at radius 3 is 2.18 bits per heavy atom. The van der Waals surface area contributed by atoms with Gasteiger partial charge in [0.05, 0.1) is 23.8 Å². The Morgan fingerprint density at radius 1 is 0.822 bits per heavy atom. The molecule has 0 radical (unpaired) electrons. The SMILES string of the molecule is CC(C)c1cccc(C(C)C)c1-n1ccnc1-c1ncc(C(C)(C)C(C)(C)c2[c-]c(-[n+]3[c-]n(C)c4ccccc43)ccc2)[n-]1.[Pt]. The molecule has 0 atom stereocenters. The summed E-state index contributed by atoms with van der Waals surface area (Å²) in [5.41, 5.74) is 8.30. The van der Waals surface area contributed by atoms with Crippen LogP contribution < -0.4 is 9.55 Å². The molecule has 0 bridgehead atoms. The predicted octanol–water partition coefficient (Wildman–Crippen LogP) is 7.76. The molecule has 0 saturated heterocycles. The maximum absolute atomic E-state index is 5.15. The minimum atomic E-state index is -0.364. The van der Waals surface area contributed by atoms with Crippen molar-refractivity contribution in [3.05, 3.63) is 114 Å². The van der Waals surface area contributed by atoms with Crippen molar-refractivity contribution in [3.63, 3.8) is 0 Å². The van der Waals surface area contributed by atoms with Crippen LogP contribution in [0.5, 0.6) is 0 Å². The van der Waals surface area contributed by atoms with Crippen molar-refractivity contribution < 1.29 is 25.6 Å². The van der Waals surface area contributed by atoms with Crippen molar-refractivity contribution in [2.45, 2.75) is 78.1 Å². The van der Waals surface area contributed by atoms with E-state index >= 15 is 0 Å². The minimum Gasteiger partial charge on any atom is -0.440 e. The van der Waals surface area contributed by atoms with E-state index in [-0.39, 0.29) is 31.9 Å². The van der Waals surface area contributed by atoms with Crippen LogP contribution in [0.15, 0.2) is 79.3 Å². The quantitative estimate of drug-likeness (QED) is 0.117. The van der Waals surface area contributed by atoms with Gasteiger partial charge in [0.15, 0.2) is 0 Å². The largest absolute Gasteiger partial charge is 0.440 e. The Bertz CT molecular complexity index is 1930. The van der Waals surface area contributed by atoms with Gasteiger partial charge in [0, 0.05) is 33.5 Å². The van der Waals surface area contributed by atoms with Crippen LogP contribution in [0.1, 0.15) is 89.6 Å². The fourth-order valence-corrected chi connectivity index (χ4v) is 6.13. The number of para-hydroxylation sites is 3. The van der Waals surface area contributed by atoms with Gasteiger partial charge in [0.1, 0.15) is 5.82 Å². The fourth-order valence-electron chi connectivity index (χ4n) is 6.13. The van der Waals surface area contributed by atoms with Crippen LogP contribution in [0.3, 0.4) is 0 Å². The summed E-state index contributed by atoms with van der Waals surface area (Å²) in [4.78, 5) is 14.8. The van der Waals surface area contributed by atoms with Crippen LogP contribution in [0, 0.1) is 12.4 Å². The van der Waals surface area contributed by atoms with Crippen molar-refractivity contribution >= 4 is 11.0 Å². The van der Waals surface area contributed by atoms with Gasteiger partial charge in [-0.3, -0.25) is 4.57 Å². The molecule has 3 aromatic carbocycles. The molecule has 0 saturated carbocycles. The van der Waals surface area contributed by atoms with E-state index in [4.69, 9.17) is 15.0 Å². The molecule has 0 fully saturated rings. The van der Waals surface area contributed by atoms with Gasteiger partial charge in [-0.05, 0) is 39.6 Å². The van der Waals surface area contributed by atoms with E-state index in [1.54, 1.807) is 0 Å². The molecule has 3 heterocycles. The molecule has 7 heteroatoms. The summed E-state index contributed by atoms with van der Waals surface area (Å²) >= 11 is 0. The molecule has 0 aliphatic rings. The molecular formula is C38H42N6Pt-2. The van der Waals surface area contributed by atoms with Crippen molar-refractivity contribution in [3.8, 4) is 23.0 Å². The molecule has 0 unspecified atom stereocenters. The van der Waals surface area contributed by atoms with Gasteiger partial charge in [-0.2, -0.15) is 29.8 Å². The summed E-state index contributed by atoms with van der Waals surface area (Å²) < 4.78 is 6.29. The molecule has 6 aromatic rings. The molecule has 0 spiro atoms. The fraction of sp³-hybridized carbons (Fsp3) is 0.342. The number of hydrogen-bond acceptors (Lipinski definition) is 2. The van der Waals surface area contributed by atoms with Gasteiger partial charge in [-0.1, -0.05) is 115 Å². The molecule has 236 valence electrons. The maximum Gasteiger partial charge on any atom is 0.242 e. The first-order valence-electron chi connectivity index (χ1n) is 15.5. The average molecular weight is 778 g/mol. The third-order valence-electron chi connectivity index (χ3n) is 9.59. The zero-order chi connectivity index (χ0) is 31.4. The Kier molecular flexibility index (Phi) is 8.85. The minimum absolute atomic E-state index is 0. The van der Waals surface area contributed by atoms with E-state index in [2.05, 4.69) is 138 Å². The zero-order valence-electron chi connectivity index (χ0n) is 27.7. The molecule has 0 N–H and O–H groups in total. The Hall–Kier alpha value is -3.76. The third kappa shape index (κ3) is 5.52. The molecule has 0 aliphatic carbocycles. The normalized spacial score (nSPS) is 12.3. The molecule has 3 aromatic heterocycles. The van der Waals surface area contributed by atoms with Gasteiger partial charge in [-0.25, -0.2) is 4.98 Å². The Labute approximate surface area is 281 Å². The zero-order valence-corrected chi connectivity index (χ0v) is 29.9. The van der Waals surface area contributed by atoms with Crippen LogP contribution in [-0.2, 0) is 38.9 Å². The number of aryl methyl sites for hydroxylation is 1. The van der Waals surface area contributed by atoms with Crippen LogP contribution in [0.4, 0.5) is 0 Å². The standard InChI is InChI=1S/C38H42N6.Pt/c1-25(2)29-16-13-17-30(26(3)4)34(29)43-21-20-39-36(43)35-40-23-33(41-35)38(7,8)37(5,6)27-14-12-15-28(22-27)44-24-42(9)31-18-10-11-19-32(31)44;/h10-21,23,25-26H,1-9H3;/q-2;. The number of benzene rings is 3. The molecule has 6 rings (SSSR count). The number of nitrogens with zero attached hydrogens (tertiary/aromatic N) is 6. The van der Waals surface area contributed by atoms with E-state index < -0.39 is 0 Å². The van der Waals surface area contributed by atoms with Crippen molar-refractivity contribution in [2.75, 3.05) is 0 Å². The van der Waals surface area contributed by atoms with Crippen LogP contribution in [0.25, 0.3) is 34.1 Å². The smallest absolute Gasteiger partial charge is 0.242 e. The first-order valence-corrected chi connectivity index (χ1v) is 15.5. The topological polar surface area (TPSA) is 53.6 Å². The third-order valence-corrected chi connectivity index (χ3v) is 9.59. The number of hydrogen-bond donors (Lipinski definition) is 0. The Morgan fingerprint density at radius 2 is 1.49 bits per heavy atom. The summed E-state index contributed by atoms with van der Waals surface area (Å²) in [5, 5.41) is 0. The number of rotatable bonds is 8. The second kappa shape index (κ2) is 12.2. The van der Waals surface area contributed by atoms with Crippen molar-refractivity contribution in [1.82, 2.24) is 24.1 Å².